The molecule has 0 saturated heterocycles. The average molecular weight is 257 g/mol. The maximum absolute atomic E-state index is 11.7. The van der Waals surface area contributed by atoms with Crippen LogP contribution in [-0.4, -0.2) is 15.6 Å². The third-order valence-corrected chi connectivity index (χ3v) is 3.34. The molecular formula is C10H13BrN2O. The molecule has 3 nitrogen and oxygen atoms in total. The van der Waals surface area contributed by atoms with Crippen LogP contribution in [0.5, 0.6) is 0 Å². The van der Waals surface area contributed by atoms with Gasteiger partial charge in [-0.1, -0.05) is 6.92 Å². The number of ketones is 1. The molecular weight excluding hydrogens is 244 g/mol. The molecule has 0 spiro atoms. The van der Waals surface area contributed by atoms with E-state index in [-0.39, 0.29) is 5.78 Å². The van der Waals surface area contributed by atoms with Crippen molar-refractivity contribution in [3.63, 3.8) is 0 Å². The molecule has 4 heteroatoms. The van der Waals surface area contributed by atoms with Crippen LogP contribution in [0, 0.1) is 0 Å². The van der Waals surface area contributed by atoms with E-state index in [1.165, 1.54) is 6.42 Å². The van der Waals surface area contributed by atoms with Gasteiger partial charge in [-0.3, -0.25) is 9.48 Å². The number of rotatable bonds is 3. The molecule has 1 heterocycles. The van der Waals surface area contributed by atoms with E-state index in [2.05, 4.69) is 21.0 Å². The van der Waals surface area contributed by atoms with Crippen LogP contribution in [0.1, 0.15) is 49.1 Å². The molecule has 0 amide bonds. The highest BCUT2D eigenvalue weighted by molar-refractivity contribution is 9.10. The van der Waals surface area contributed by atoms with Gasteiger partial charge in [-0.2, -0.15) is 5.10 Å². The van der Waals surface area contributed by atoms with Crippen molar-refractivity contribution in [2.24, 2.45) is 0 Å². The van der Waals surface area contributed by atoms with E-state index in [0.29, 0.717) is 12.5 Å². The van der Waals surface area contributed by atoms with Gasteiger partial charge in [-0.05, 0) is 35.2 Å². The first kappa shape index (κ1) is 9.90. The number of nitrogens with zero attached hydrogens (tertiary/aromatic N) is 2. The molecule has 0 aromatic carbocycles. The summed E-state index contributed by atoms with van der Waals surface area (Å²) in [7, 11) is 0. The molecule has 1 aromatic heterocycles. The minimum atomic E-state index is 0.168. The molecule has 0 N–H and O–H groups in total. The van der Waals surface area contributed by atoms with E-state index >= 15 is 0 Å². The summed E-state index contributed by atoms with van der Waals surface area (Å²) in [5.74, 6) is 0.168. The quantitative estimate of drug-likeness (QED) is 0.780. The maximum atomic E-state index is 11.7. The number of hydrogen-bond donors (Lipinski definition) is 0. The van der Waals surface area contributed by atoms with Crippen LogP contribution in [0.2, 0.25) is 0 Å². The standard InChI is InChI=1S/C10H13BrN2O/c1-2-9(14)10-8(11)6-12-13(10)7-4-3-5-7/h6-7H,2-5H2,1H3. The molecule has 1 aliphatic rings. The van der Waals surface area contributed by atoms with Crippen LogP contribution < -0.4 is 0 Å². The van der Waals surface area contributed by atoms with Gasteiger partial charge in [0.2, 0.25) is 0 Å². The molecule has 0 atom stereocenters. The second-order valence-corrected chi connectivity index (χ2v) is 4.50. The van der Waals surface area contributed by atoms with Gasteiger partial charge in [0.25, 0.3) is 0 Å². The van der Waals surface area contributed by atoms with Crippen LogP contribution in [0.3, 0.4) is 0 Å². The summed E-state index contributed by atoms with van der Waals surface area (Å²) >= 11 is 3.38. The fourth-order valence-electron chi connectivity index (χ4n) is 1.68. The number of carbonyl (C=O) groups is 1. The Labute approximate surface area is 91.6 Å². The third-order valence-electron chi connectivity index (χ3n) is 2.76. The lowest BCUT2D eigenvalue weighted by Gasteiger charge is -2.27. The predicted molar refractivity (Wildman–Crippen MR) is 57.4 cm³/mol. The molecule has 2 rings (SSSR count). The molecule has 1 saturated carbocycles. The fourth-order valence-corrected chi connectivity index (χ4v) is 2.17. The molecule has 76 valence electrons. The van der Waals surface area contributed by atoms with E-state index in [0.717, 1.165) is 23.0 Å². The highest BCUT2D eigenvalue weighted by atomic mass is 79.9. The first-order chi connectivity index (χ1) is 6.74. The first-order valence-corrected chi connectivity index (χ1v) is 5.79. The van der Waals surface area contributed by atoms with Crippen molar-refractivity contribution in [1.29, 1.82) is 0 Å². The fraction of sp³-hybridized carbons (Fsp3) is 0.600. The summed E-state index contributed by atoms with van der Waals surface area (Å²) in [4.78, 5) is 11.7. The van der Waals surface area contributed by atoms with Crippen molar-refractivity contribution < 1.29 is 4.79 Å². The molecule has 1 fully saturated rings. The van der Waals surface area contributed by atoms with Crippen molar-refractivity contribution in [3.05, 3.63) is 16.4 Å². The Balaban J connectivity index is 2.34. The zero-order valence-electron chi connectivity index (χ0n) is 8.16. The normalized spacial score (nSPS) is 16.7. The van der Waals surface area contributed by atoms with Crippen molar-refractivity contribution in [2.45, 2.75) is 38.6 Å². The van der Waals surface area contributed by atoms with Gasteiger partial charge in [0.15, 0.2) is 5.78 Å². The molecule has 0 aliphatic heterocycles. The summed E-state index contributed by atoms with van der Waals surface area (Å²) in [6.07, 6.45) is 5.82. The summed E-state index contributed by atoms with van der Waals surface area (Å²) in [5, 5.41) is 4.26. The van der Waals surface area contributed by atoms with Crippen LogP contribution in [0.15, 0.2) is 10.7 Å². The van der Waals surface area contributed by atoms with E-state index in [9.17, 15) is 4.79 Å². The van der Waals surface area contributed by atoms with E-state index in [4.69, 9.17) is 0 Å². The summed E-state index contributed by atoms with van der Waals surface area (Å²) < 4.78 is 2.72. The molecule has 14 heavy (non-hydrogen) atoms. The zero-order chi connectivity index (χ0) is 10.1. The van der Waals surface area contributed by atoms with Crippen molar-refractivity contribution in [2.75, 3.05) is 0 Å². The first-order valence-electron chi connectivity index (χ1n) is 5.00. The molecule has 0 bridgehead atoms. The lowest BCUT2D eigenvalue weighted by Crippen LogP contribution is -2.22. The van der Waals surface area contributed by atoms with Crippen LogP contribution in [-0.2, 0) is 0 Å². The SMILES string of the molecule is CCC(=O)c1c(Br)cnn1C1CCC1. The maximum Gasteiger partial charge on any atom is 0.181 e. The minimum Gasteiger partial charge on any atom is -0.292 e. The Hall–Kier alpha value is -0.640. The van der Waals surface area contributed by atoms with Gasteiger partial charge in [0, 0.05) is 6.42 Å². The molecule has 0 unspecified atom stereocenters. The number of carbonyl (C=O) groups excluding carboxylic acids is 1. The number of halogens is 1. The van der Waals surface area contributed by atoms with Crippen molar-refractivity contribution in [3.8, 4) is 0 Å². The van der Waals surface area contributed by atoms with E-state index < -0.39 is 0 Å². The number of aromatic nitrogens is 2. The van der Waals surface area contributed by atoms with Crippen LogP contribution in [0.25, 0.3) is 0 Å². The Bertz CT molecular complexity index is 355. The third kappa shape index (κ3) is 1.52. The Morgan fingerprint density at radius 1 is 1.71 bits per heavy atom. The smallest absolute Gasteiger partial charge is 0.181 e. The lowest BCUT2D eigenvalue weighted by atomic mass is 9.93. The molecule has 0 radical (unpaired) electrons. The Morgan fingerprint density at radius 2 is 2.43 bits per heavy atom. The van der Waals surface area contributed by atoms with Gasteiger partial charge in [-0.25, -0.2) is 0 Å². The highest BCUT2D eigenvalue weighted by Crippen LogP contribution is 2.34. The second-order valence-electron chi connectivity index (χ2n) is 3.65. The number of hydrogen-bond acceptors (Lipinski definition) is 2. The molecule has 1 aliphatic carbocycles. The highest BCUT2D eigenvalue weighted by Gasteiger charge is 2.25. The second kappa shape index (κ2) is 3.85. The summed E-state index contributed by atoms with van der Waals surface area (Å²) in [5.41, 5.74) is 0.747. The average Bonchev–Trinajstić information content (AvgIpc) is 2.44. The van der Waals surface area contributed by atoms with Crippen molar-refractivity contribution in [1.82, 2.24) is 9.78 Å². The topological polar surface area (TPSA) is 34.9 Å². The minimum absolute atomic E-state index is 0.168. The Morgan fingerprint density at radius 3 is 2.93 bits per heavy atom. The Kier molecular flexibility index (Phi) is 2.72. The van der Waals surface area contributed by atoms with Gasteiger partial charge >= 0.3 is 0 Å². The monoisotopic (exact) mass is 256 g/mol. The van der Waals surface area contributed by atoms with E-state index in [1.807, 2.05) is 11.6 Å². The molecule has 1 aromatic rings. The zero-order valence-corrected chi connectivity index (χ0v) is 9.75. The van der Waals surface area contributed by atoms with Gasteiger partial charge in [0.05, 0.1) is 16.7 Å². The predicted octanol–water partition coefficient (Wildman–Crippen LogP) is 2.96. The van der Waals surface area contributed by atoms with Gasteiger partial charge in [-0.15, -0.1) is 0 Å². The summed E-state index contributed by atoms with van der Waals surface area (Å²) in [6.45, 7) is 1.88. The van der Waals surface area contributed by atoms with E-state index in [1.54, 1.807) is 6.20 Å². The van der Waals surface area contributed by atoms with Gasteiger partial charge in [0.1, 0.15) is 5.69 Å². The summed E-state index contributed by atoms with van der Waals surface area (Å²) in [6, 6.07) is 0.451. The van der Waals surface area contributed by atoms with Crippen LogP contribution in [0.4, 0.5) is 0 Å². The lowest BCUT2D eigenvalue weighted by molar-refractivity contribution is 0.0969. The largest absolute Gasteiger partial charge is 0.292 e. The van der Waals surface area contributed by atoms with Crippen molar-refractivity contribution >= 4 is 21.7 Å². The van der Waals surface area contributed by atoms with Crippen LogP contribution >= 0.6 is 15.9 Å². The number of Topliss-reactive ketones (excluding diaryl/α,β-unsaturated/α-hetero) is 1. The van der Waals surface area contributed by atoms with Gasteiger partial charge < -0.3 is 0 Å².